The fourth-order valence-corrected chi connectivity index (χ4v) is 2.32. The molecular weight excluding hydrogens is 210 g/mol. The van der Waals surface area contributed by atoms with E-state index >= 15 is 0 Å². The summed E-state index contributed by atoms with van der Waals surface area (Å²) >= 11 is 6.00. The first kappa shape index (κ1) is 10.7. The van der Waals surface area contributed by atoms with E-state index in [0.717, 1.165) is 11.7 Å². The van der Waals surface area contributed by atoms with E-state index in [9.17, 15) is 0 Å². The molecule has 1 heterocycles. The minimum absolute atomic E-state index is 0.493. The second kappa shape index (κ2) is 4.35. The third-order valence-corrected chi connectivity index (χ3v) is 3.73. The smallest absolute Gasteiger partial charge is 0.148 e. The Morgan fingerprint density at radius 1 is 1.40 bits per heavy atom. The minimum Gasteiger partial charge on any atom is -0.366 e. The summed E-state index contributed by atoms with van der Waals surface area (Å²) in [6.45, 7) is 4.58. The summed E-state index contributed by atoms with van der Waals surface area (Å²) in [6, 6.07) is 0.493. The van der Waals surface area contributed by atoms with Crippen LogP contribution in [-0.2, 0) is 0 Å². The number of nitrogens with one attached hydrogen (secondary N) is 1. The van der Waals surface area contributed by atoms with Crippen LogP contribution in [-0.4, -0.2) is 16.0 Å². The van der Waals surface area contributed by atoms with Gasteiger partial charge in [0.15, 0.2) is 0 Å². The van der Waals surface area contributed by atoms with Gasteiger partial charge in [0.2, 0.25) is 0 Å². The minimum atomic E-state index is 0.493. The lowest BCUT2D eigenvalue weighted by atomic mass is 9.98. The summed E-state index contributed by atoms with van der Waals surface area (Å²) in [5.74, 6) is 2.22. The Hall–Kier alpha value is -0.830. The zero-order valence-corrected chi connectivity index (χ0v) is 9.83. The van der Waals surface area contributed by atoms with Crippen molar-refractivity contribution in [2.45, 2.75) is 32.7 Å². The van der Waals surface area contributed by atoms with E-state index < -0.39 is 0 Å². The van der Waals surface area contributed by atoms with Gasteiger partial charge in [0.1, 0.15) is 17.2 Å². The van der Waals surface area contributed by atoms with Crippen LogP contribution in [0.3, 0.4) is 0 Å². The molecular formula is C11H16ClN3. The number of hydrogen-bond acceptors (Lipinski definition) is 3. The van der Waals surface area contributed by atoms with Crippen LogP contribution in [0.5, 0.6) is 0 Å². The van der Waals surface area contributed by atoms with Crippen LogP contribution < -0.4 is 5.32 Å². The number of rotatable bonds is 2. The highest BCUT2D eigenvalue weighted by atomic mass is 35.5. The van der Waals surface area contributed by atoms with Crippen molar-refractivity contribution in [3.8, 4) is 0 Å². The van der Waals surface area contributed by atoms with Gasteiger partial charge in [-0.25, -0.2) is 9.97 Å². The average Bonchev–Trinajstić information content (AvgIpc) is 2.53. The normalized spacial score (nSPS) is 30.5. The molecule has 1 aromatic heterocycles. The van der Waals surface area contributed by atoms with E-state index in [1.807, 2.05) is 0 Å². The van der Waals surface area contributed by atoms with E-state index in [4.69, 9.17) is 11.6 Å². The van der Waals surface area contributed by atoms with Crippen molar-refractivity contribution < 1.29 is 0 Å². The standard InChI is InChI=1S/C11H16ClN3/c1-7-3-4-10(8(7)2)15-11-9(12)5-13-6-14-11/h5-8,10H,3-4H2,1-2H3,(H,13,14,15). The van der Waals surface area contributed by atoms with Crippen LogP contribution in [0.25, 0.3) is 0 Å². The number of halogens is 1. The Morgan fingerprint density at radius 2 is 2.20 bits per heavy atom. The zero-order chi connectivity index (χ0) is 10.8. The van der Waals surface area contributed by atoms with Crippen LogP contribution in [0, 0.1) is 11.8 Å². The molecule has 0 aliphatic heterocycles. The molecule has 0 spiro atoms. The summed E-state index contributed by atoms with van der Waals surface area (Å²) in [4.78, 5) is 8.02. The van der Waals surface area contributed by atoms with E-state index in [1.165, 1.54) is 19.2 Å². The molecule has 0 bridgehead atoms. The molecule has 3 nitrogen and oxygen atoms in total. The SMILES string of the molecule is CC1CCC(Nc2ncncc2Cl)C1C. The van der Waals surface area contributed by atoms with Gasteiger partial charge in [-0.2, -0.15) is 0 Å². The van der Waals surface area contributed by atoms with Crippen LogP contribution in [0.4, 0.5) is 5.82 Å². The summed E-state index contributed by atoms with van der Waals surface area (Å²) < 4.78 is 0. The van der Waals surface area contributed by atoms with E-state index in [0.29, 0.717) is 17.0 Å². The lowest BCUT2D eigenvalue weighted by Gasteiger charge is -2.20. The molecule has 3 atom stereocenters. The lowest BCUT2D eigenvalue weighted by molar-refractivity contribution is 0.435. The monoisotopic (exact) mass is 225 g/mol. The number of anilines is 1. The predicted molar refractivity (Wildman–Crippen MR) is 62.0 cm³/mol. The second-order valence-corrected chi connectivity index (χ2v) is 4.79. The van der Waals surface area contributed by atoms with Crippen molar-refractivity contribution in [3.63, 3.8) is 0 Å². The lowest BCUT2D eigenvalue weighted by Crippen LogP contribution is -2.24. The molecule has 4 heteroatoms. The highest BCUT2D eigenvalue weighted by Crippen LogP contribution is 2.33. The van der Waals surface area contributed by atoms with Gasteiger partial charge in [0, 0.05) is 6.04 Å². The molecule has 2 rings (SSSR count). The molecule has 1 N–H and O–H groups in total. The maximum Gasteiger partial charge on any atom is 0.148 e. The molecule has 1 fully saturated rings. The third kappa shape index (κ3) is 2.23. The molecule has 1 aromatic rings. The molecule has 0 aromatic carbocycles. The van der Waals surface area contributed by atoms with E-state index in [2.05, 4.69) is 29.1 Å². The molecule has 15 heavy (non-hydrogen) atoms. The zero-order valence-electron chi connectivity index (χ0n) is 9.07. The molecule has 3 unspecified atom stereocenters. The number of hydrogen-bond donors (Lipinski definition) is 1. The Kier molecular flexibility index (Phi) is 3.10. The molecule has 82 valence electrons. The van der Waals surface area contributed by atoms with Crippen molar-refractivity contribution in [2.24, 2.45) is 11.8 Å². The summed E-state index contributed by atoms with van der Waals surface area (Å²) in [7, 11) is 0. The Balaban J connectivity index is 2.07. The summed E-state index contributed by atoms with van der Waals surface area (Å²) in [5.41, 5.74) is 0. The van der Waals surface area contributed by atoms with Gasteiger partial charge in [-0.3, -0.25) is 0 Å². The van der Waals surface area contributed by atoms with E-state index in [-0.39, 0.29) is 0 Å². The van der Waals surface area contributed by atoms with Crippen molar-refractivity contribution >= 4 is 17.4 Å². The van der Waals surface area contributed by atoms with Gasteiger partial charge in [-0.05, 0) is 24.7 Å². The Morgan fingerprint density at radius 3 is 2.80 bits per heavy atom. The molecule has 0 radical (unpaired) electrons. The Labute approximate surface area is 95.3 Å². The second-order valence-electron chi connectivity index (χ2n) is 4.38. The van der Waals surface area contributed by atoms with Gasteiger partial charge >= 0.3 is 0 Å². The first-order valence-corrected chi connectivity index (χ1v) is 5.78. The van der Waals surface area contributed by atoms with Crippen LogP contribution >= 0.6 is 11.6 Å². The largest absolute Gasteiger partial charge is 0.366 e. The quantitative estimate of drug-likeness (QED) is 0.841. The fourth-order valence-electron chi connectivity index (χ4n) is 2.16. The maximum atomic E-state index is 6.00. The van der Waals surface area contributed by atoms with Crippen molar-refractivity contribution in [3.05, 3.63) is 17.5 Å². The van der Waals surface area contributed by atoms with Crippen LogP contribution in [0.2, 0.25) is 5.02 Å². The topological polar surface area (TPSA) is 37.8 Å². The summed E-state index contributed by atoms with van der Waals surface area (Å²) in [5, 5.41) is 4.01. The van der Waals surface area contributed by atoms with Gasteiger partial charge in [-0.15, -0.1) is 0 Å². The first-order valence-electron chi connectivity index (χ1n) is 5.40. The predicted octanol–water partition coefficient (Wildman–Crippen LogP) is 2.98. The molecule has 1 aliphatic rings. The fraction of sp³-hybridized carbons (Fsp3) is 0.636. The van der Waals surface area contributed by atoms with E-state index in [1.54, 1.807) is 6.20 Å². The van der Waals surface area contributed by atoms with Gasteiger partial charge in [0.25, 0.3) is 0 Å². The molecule has 0 saturated heterocycles. The summed E-state index contributed by atoms with van der Waals surface area (Å²) in [6.07, 6.45) is 5.63. The highest BCUT2D eigenvalue weighted by molar-refractivity contribution is 6.32. The Bertz CT molecular complexity index is 342. The van der Waals surface area contributed by atoms with Crippen LogP contribution in [0.15, 0.2) is 12.5 Å². The van der Waals surface area contributed by atoms with Gasteiger partial charge < -0.3 is 5.32 Å². The molecule has 1 aliphatic carbocycles. The average molecular weight is 226 g/mol. The first-order chi connectivity index (χ1) is 7.18. The third-order valence-electron chi connectivity index (χ3n) is 3.45. The van der Waals surface area contributed by atoms with Crippen molar-refractivity contribution in [2.75, 3.05) is 5.32 Å². The van der Waals surface area contributed by atoms with Crippen molar-refractivity contribution in [1.29, 1.82) is 0 Å². The van der Waals surface area contributed by atoms with Crippen LogP contribution in [0.1, 0.15) is 26.7 Å². The molecule has 1 saturated carbocycles. The highest BCUT2D eigenvalue weighted by Gasteiger charge is 2.30. The molecule has 0 amide bonds. The van der Waals surface area contributed by atoms with Crippen molar-refractivity contribution in [1.82, 2.24) is 9.97 Å². The maximum absolute atomic E-state index is 6.00. The number of aromatic nitrogens is 2. The van der Waals surface area contributed by atoms with Gasteiger partial charge in [-0.1, -0.05) is 25.4 Å². The number of nitrogens with zero attached hydrogens (tertiary/aromatic N) is 2. The van der Waals surface area contributed by atoms with Gasteiger partial charge in [0.05, 0.1) is 6.20 Å².